The van der Waals surface area contributed by atoms with Crippen LogP contribution in [0.25, 0.3) is 0 Å². The molecule has 0 saturated heterocycles. The summed E-state index contributed by atoms with van der Waals surface area (Å²) < 4.78 is 1.97. The zero-order valence-corrected chi connectivity index (χ0v) is 10.2. The Morgan fingerprint density at radius 1 is 1.47 bits per heavy atom. The number of aromatic nitrogens is 2. The van der Waals surface area contributed by atoms with Crippen molar-refractivity contribution in [1.29, 1.82) is 0 Å². The van der Waals surface area contributed by atoms with Crippen LogP contribution in [0.3, 0.4) is 0 Å². The molecule has 0 aromatic carbocycles. The molecule has 0 fully saturated rings. The molecule has 0 unspecified atom stereocenters. The Hall–Kier alpha value is -1.03. The highest BCUT2D eigenvalue weighted by Gasteiger charge is 1.99. The van der Waals surface area contributed by atoms with Gasteiger partial charge in [0.2, 0.25) is 0 Å². The first-order chi connectivity index (χ1) is 7.08. The van der Waals surface area contributed by atoms with E-state index in [1.165, 1.54) is 0 Å². The quantitative estimate of drug-likeness (QED) is 0.772. The molecule has 0 aliphatic heterocycles. The molecule has 0 atom stereocenters. The monoisotopic (exact) mass is 210 g/mol. The predicted octanol–water partition coefficient (Wildman–Crippen LogP) is 1.51. The van der Waals surface area contributed by atoms with Gasteiger partial charge in [0.25, 0.3) is 0 Å². The Kier molecular flexibility index (Phi) is 4.62. The molecule has 1 rings (SSSR count). The fraction of sp³-hybridized carbons (Fsp3) is 0.727. The van der Waals surface area contributed by atoms with Crippen molar-refractivity contribution >= 4 is 5.69 Å². The molecule has 0 spiro atoms. The minimum absolute atomic E-state index is 0.662. The Bertz CT molecular complexity index is 251. The first-order valence-electron chi connectivity index (χ1n) is 5.49. The first-order valence-corrected chi connectivity index (χ1v) is 5.49. The van der Waals surface area contributed by atoms with Crippen LogP contribution in [-0.4, -0.2) is 41.9 Å². The standard InChI is InChI=1S/C11H22N4/c1-10(2)7-12-11-8-13-15(9-11)6-5-14(3)4/h8-10,12H,5-7H2,1-4H3. The van der Waals surface area contributed by atoms with Crippen LogP contribution in [0.2, 0.25) is 0 Å². The lowest BCUT2D eigenvalue weighted by Gasteiger charge is -2.08. The van der Waals surface area contributed by atoms with Crippen molar-refractivity contribution in [2.24, 2.45) is 5.92 Å². The van der Waals surface area contributed by atoms with Gasteiger partial charge in [-0.2, -0.15) is 5.10 Å². The Balaban J connectivity index is 2.35. The molecule has 0 aliphatic carbocycles. The van der Waals surface area contributed by atoms with Crippen molar-refractivity contribution in [2.75, 3.05) is 32.5 Å². The second-order valence-corrected chi connectivity index (χ2v) is 4.57. The number of rotatable bonds is 6. The maximum Gasteiger partial charge on any atom is 0.0726 e. The third kappa shape index (κ3) is 4.83. The van der Waals surface area contributed by atoms with Gasteiger partial charge in [0.1, 0.15) is 0 Å². The summed E-state index contributed by atoms with van der Waals surface area (Å²) in [4.78, 5) is 2.16. The first kappa shape index (κ1) is 12.0. The van der Waals surface area contributed by atoms with Crippen LogP contribution < -0.4 is 5.32 Å². The summed E-state index contributed by atoms with van der Waals surface area (Å²) in [5, 5.41) is 7.65. The van der Waals surface area contributed by atoms with Crippen LogP contribution in [0.5, 0.6) is 0 Å². The normalized spacial score (nSPS) is 11.3. The lowest BCUT2D eigenvalue weighted by Crippen LogP contribution is -2.18. The molecule has 0 radical (unpaired) electrons. The van der Waals surface area contributed by atoms with Gasteiger partial charge in [0.05, 0.1) is 18.4 Å². The molecule has 15 heavy (non-hydrogen) atoms. The molecule has 1 aromatic heterocycles. The summed E-state index contributed by atoms with van der Waals surface area (Å²) >= 11 is 0. The third-order valence-electron chi connectivity index (χ3n) is 2.12. The van der Waals surface area contributed by atoms with Crippen molar-refractivity contribution in [1.82, 2.24) is 14.7 Å². The Labute approximate surface area is 92.3 Å². The van der Waals surface area contributed by atoms with E-state index < -0.39 is 0 Å². The number of likely N-dealkylation sites (N-methyl/N-ethyl adjacent to an activating group) is 1. The smallest absolute Gasteiger partial charge is 0.0726 e. The largest absolute Gasteiger partial charge is 0.382 e. The van der Waals surface area contributed by atoms with E-state index in [9.17, 15) is 0 Å². The summed E-state index contributed by atoms with van der Waals surface area (Å²) in [6.07, 6.45) is 3.95. The van der Waals surface area contributed by atoms with Crippen LogP contribution in [-0.2, 0) is 6.54 Å². The highest BCUT2D eigenvalue weighted by molar-refractivity contribution is 5.37. The average Bonchev–Trinajstić information content (AvgIpc) is 2.59. The maximum atomic E-state index is 4.29. The van der Waals surface area contributed by atoms with E-state index in [4.69, 9.17) is 0 Å². The number of hydrogen-bond acceptors (Lipinski definition) is 3. The molecular formula is C11H22N4. The lowest BCUT2D eigenvalue weighted by atomic mass is 10.2. The molecule has 0 amide bonds. The average molecular weight is 210 g/mol. The minimum Gasteiger partial charge on any atom is -0.382 e. The van der Waals surface area contributed by atoms with Crippen molar-refractivity contribution in [3.05, 3.63) is 12.4 Å². The number of anilines is 1. The van der Waals surface area contributed by atoms with E-state index in [-0.39, 0.29) is 0 Å². The molecule has 86 valence electrons. The van der Waals surface area contributed by atoms with E-state index in [1.807, 2.05) is 10.9 Å². The van der Waals surface area contributed by atoms with Crippen LogP contribution in [0, 0.1) is 5.92 Å². The van der Waals surface area contributed by atoms with Crippen LogP contribution in [0.4, 0.5) is 5.69 Å². The Morgan fingerprint density at radius 2 is 2.20 bits per heavy atom. The summed E-state index contributed by atoms with van der Waals surface area (Å²) in [6, 6.07) is 0. The van der Waals surface area contributed by atoms with Crippen molar-refractivity contribution in [2.45, 2.75) is 20.4 Å². The number of nitrogens with zero attached hydrogens (tertiary/aromatic N) is 3. The second kappa shape index (κ2) is 5.75. The highest BCUT2D eigenvalue weighted by atomic mass is 15.3. The van der Waals surface area contributed by atoms with Gasteiger partial charge < -0.3 is 10.2 Å². The second-order valence-electron chi connectivity index (χ2n) is 4.57. The van der Waals surface area contributed by atoms with Gasteiger partial charge in [0.15, 0.2) is 0 Å². The van der Waals surface area contributed by atoms with Crippen molar-refractivity contribution in [3.8, 4) is 0 Å². The molecule has 4 heteroatoms. The third-order valence-corrected chi connectivity index (χ3v) is 2.12. The van der Waals surface area contributed by atoms with E-state index in [2.05, 4.69) is 49.5 Å². The summed E-state index contributed by atoms with van der Waals surface area (Å²) in [7, 11) is 4.14. The molecule has 1 aromatic rings. The lowest BCUT2D eigenvalue weighted by molar-refractivity contribution is 0.373. The Morgan fingerprint density at radius 3 is 2.80 bits per heavy atom. The highest BCUT2D eigenvalue weighted by Crippen LogP contribution is 2.05. The van der Waals surface area contributed by atoms with Gasteiger partial charge in [-0.1, -0.05) is 13.8 Å². The molecule has 0 aliphatic rings. The van der Waals surface area contributed by atoms with Gasteiger partial charge in [-0.25, -0.2) is 0 Å². The van der Waals surface area contributed by atoms with Gasteiger partial charge in [-0.3, -0.25) is 4.68 Å². The van der Waals surface area contributed by atoms with Gasteiger partial charge in [0, 0.05) is 19.3 Å². The topological polar surface area (TPSA) is 33.1 Å². The molecule has 0 saturated carbocycles. The molecule has 4 nitrogen and oxygen atoms in total. The molecular weight excluding hydrogens is 188 g/mol. The van der Waals surface area contributed by atoms with E-state index in [0.717, 1.165) is 25.3 Å². The van der Waals surface area contributed by atoms with Crippen molar-refractivity contribution < 1.29 is 0 Å². The van der Waals surface area contributed by atoms with Crippen LogP contribution >= 0.6 is 0 Å². The zero-order valence-electron chi connectivity index (χ0n) is 10.2. The summed E-state index contributed by atoms with van der Waals surface area (Å²) in [6.45, 7) is 7.36. The number of nitrogens with one attached hydrogen (secondary N) is 1. The predicted molar refractivity (Wildman–Crippen MR) is 64.1 cm³/mol. The van der Waals surface area contributed by atoms with Gasteiger partial charge in [-0.15, -0.1) is 0 Å². The fourth-order valence-corrected chi connectivity index (χ4v) is 1.20. The number of hydrogen-bond donors (Lipinski definition) is 1. The maximum absolute atomic E-state index is 4.29. The van der Waals surface area contributed by atoms with Crippen LogP contribution in [0.1, 0.15) is 13.8 Å². The van der Waals surface area contributed by atoms with Crippen LogP contribution in [0.15, 0.2) is 12.4 Å². The molecule has 0 bridgehead atoms. The van der Waals surface area contributed by atoms with Crippen molar-refractivity contribution in [3.63, 3.8) is 0 Å². The fourth-order valence-electron chi connectivity index (χ4n) is 1.20. The minimum atomic E-state index is 0.662. The van der Waals surface area contributed by atoms with E-state index >= 15 is 0 Å². The van der Waals surface area contributed by atoms with E-state index in [1.54, 1.807) is 0 Å². The molecule has 1 heterocycles. The summed E-state index contributed by atoms with van der Waals surface area (Å²) in [5.74, 6) is 0.662. The zero-order chi connectivity index (χ0) is 11.3. The van der Waals surface area contributed by atoms with E-state index in [0.29, 0.717) is 5.92 Å². The SMILES string of the molecule is CC(C)CNc1cnn(CCN(C)C)c1. The molecule has 1 N–H and O–H groups in total. The van der Waals surface area contributed by atoms with Gasteiger partial charge >= 0.3 is 0 Å². The summed E-state index contributed by atoms with van der Waals surface area (Å²) in [5.41, 5.74) is 1.11. The van der Waals surface area contributed by atoms with Gasteiger partial charge in [-0.05, 0) is 20.0 Å².